The molecule has 1 unspecified atom stereocenters. The highest BCUT2D eigenvalue weighted by atomic mass is 19.4. The van der Waals surface area contributed by atoms with E-state index in [0.717, 1.165) is 38.8 Å². The third kappa shape index (κ3) is 11.1. The van der Waals surface area contributed by atoms with Gasteiger partial charge in [0.15, 0.2) is 0 Å². The summed E-state index contributed by atoms with van der Waals surface area (Å²) in [6.45, 7) is 3.12. The van der Waals surface area contributed by atoms with Crippen LogP contribution in [0.4, 0.5) is 13.2 Å². The Hall–Kier alpha value is -2.81. The Bertz CT molecular complexity index is 732. The predicted molar refractivity (Wildman–Crippen MR) is 111 cm³/mol. The van der Waals surface area contributed by atoms with Gasteiger partial charge in [-0.2, -0.15) is 13.2 Å². The summed E-state index contributed by atoms with van der Waals surface area (Å²) in [5.74, 6) is -1.37. The van der Waals surface area contributed by atoms with E-state index >= 15 is 0 Å². The van der Waals surface area contributed by atoms with Gasteiger partial charge in [0.1, 0.15) is 6.04 Å². The second-order valence-electron chi connectivity index (χ2n) is 8.04. The normalized spacial score (nSPS) is 19.9. The lowest BCUT2D eigenvalue weighted by atomic mass is 9.92. The molecule has 2 amide bonds. The first-order valence-electron chi connectivity index (χ1n) is 10.7. The standard InChI is InChI=1S/C19H29N3O4.C2HF3O2/c1-2-16(12-18(24)25)21-19(26)15-4-3-11-22(13-15)17(23)6-5-14-7-9-20-10-8-14;3-2(4,5)1(6)7/h1,14-16,20H,3-13H2,(H,21,26)(H,24,25);(H,6,7)/t15-,16?;/m0./s1. The molecule has 186 valence electrons. The second kappa shape index (κ2) is 13.7. The molecule has 2 fully saturated rings. The first-order chi connectivity index (χ1) is 15.4. The largest absolute Gasteiger partial charge is 0.490 e. The molecule has 0 aromatic heterocycles. The number of carboxylic acids is 2. The SMILES string of the molecule is C#CC(CC(=O)O)NC(=O)[C@H]1CCCN(C(=O)CCC2CCNCC2)C1.O=C(O)C(F)(F)F. The average molecular weight is 477 g/mol. The van der Waals surface area contributed by atoms with Gasteiger partial charge in [-0.05, 0) is 51.1 Å². The highest BCUT2D eigenvalue weighted by Gasteiger charge is 2.38. The fraction of sp³-hybridized carbons (Fsp3) is 0.714. The van der Waals surface area contributed by atoms with Crippen molar-refractivity contribution in [1.29, 1.82) is 0 Å². The monoisotopic (exact) mass is 477 g/mol. The number of hydrogen-bond donors (Lipinski definition) is 4. The second-order valence-corrected chi connectivity index (χ2v) is 8.04. The van der Waals surface area contributed by atoms with E-state index in [1.807, 2.05) is 0 Å². The summed E-state index contributed by atoms with van der Waals surface area (Å²) in [5, 5.41) is 21.9. The summed E-state index contributed by atoms with van der Waals surface area (Å²) in [6.07, 6.45) is 5.05. The molecule has 2 heterocycles. The maximum Gasteiger partial charge on any atom is 0.490 e. The summed E-state index contributed by atoms with van der Waals surface area (Å²) in [6, 6.07) is -0.814. The van der Waals surface area contributed by atoms with Crippen LogP contribution in [0.2, 0.25) is 0 Å². The molecule has 2 rings (SSSR count). The molecule has 2 saturated heterocycles. The number of nitrogens with one attached hydrogen (secondary N) is 2. The van der Waals surface area contributed by atoms with Gasteiger partial charge < -0.3 is 25.7 Å². The van der Waals surface area contributed by atoms with Crippen molar-refractivity contribution in [2.45, 2.75) is 57.2 Å². The van der Waals surface area contributed by atoms with Gasteiger partial charge in [-0.1, -0.05) is 5.92 Å². The third-order valence-corrected chi connectivity index (χ3v) is 5.51. The Kier molecular flexibility index (Phi) is 11.7. The van der Waals surface area contributed by atoms with Crippen LogP contribution in [0.1, 0.15) is 44.9 Å². The van der Waals surface area contributed by atoms with Gasteiger partial charge >= 0.3 is 18.1 Å². The molecule has 2 aliphatic heterocycles. The molecule has 0 aliphatic carbocycles. The van der Waals surface area contributed by atoms with Crippen LogP contribution in [0.25, 0.3) is 0 Å². The van der Waals surface area contributed by atoms with Gasteiger partial charge in [0.05, 0.1) is 12.3 Å². The number of amides is 2. The molecule has 4 N–H and O–H groups in total. The molecule has 0 aromatic rings. The summed E-state index contributed by atoms with van der Waals surface area (Å²) in [5.41, 5.74) is 0. The van der Waals surface area contributed by atoms with Crippen LogP contribution in [-0.2, 0) is 19.2 Å². The van der Waals surface area contributed by atoms with E-state index < -0.39 is 24.2 Å². The average Bonchev–Trinajstić information content (AvgIpc) is 2.77. The van der Waals surface area contributed by atoms with E-state index in [4.69, 9.17) is 21.4 Å². The minimum atomic E-state index is -5.08. The number of carboxylic acid groups (broad SMARTS) is 2. The Morgan fingerprint density at radius 1 is 1.15 bits per heavy atom. The van der Waals surface area contributed by atoms with E-state index in [0.29, 0.717) is 31.8 Å². The molecule has 0 bridgehead atoms. The molecule has 0 aromatic carbocycles. The van der Waals surface area contributed by atoms with Gasteiger partial charge in [-0.15, -0.1) is 6.42 Å². The number of alkyl halides is 3. The van der Waals surface area contributed by atoms with Gasteiger partial charge in [-0.25, -0.2) is 4.79 Å². The predicted octanol–water partition coefficient (Wildman–Crippen LogP) is 1.23. The summed E-state index contributed by atoms with van der Waals surface area (Å²) < 4.78 is 31.7. The van der Waals surface area contributed by atoms with Crippen molar-refractivity contribution < 1.29 is 42.6 Å². The summed E-state index contributed by atoms with van der Waals surface area (Å²) >= 11 is 0. The molecule has 0 spiro atoms. The highest BCUT2D eigenvalue weighted by molar-refractivity contribution is 5.82. The van der Waals surface area contributed by atoms with Crippen LogP contribution in [0.15, 0.2) is 0 Å². The lowest BCUT2D eigenvalue weighted by Gasteiger charge is -2.33. The zero-order valence-corrected chi connectivity index (χ0v) is 18.2. The molecule has 0 radical (unpaired) electrons. The topological polar surface area (TPSA) is 136 Å². The zero-order valence-electron chi connectivity index (χ0n) is 18.2. The van der Waals surface area contributed by atoms with Crippen LogP contribution in [-0.4, -0.2) is 77.3 Å². The van der Waals surface area contributed by atoms with Crippen molar-refractivity contribution >= 4 is 23.8 Å². The van der Waals surface area contributed by atoms with Crippen LogP contribution in [0.5, 0.6) is 0 Å². The molecule has 33 heavy (non-hydrogen) atoms. The number of carbonyl (C=O) groups excluding carboxylic acids is 2. The Morgan fingerprint density at radius 3 is 2.27 bits per heavy atom. The quantitative estimate of drug-likeness (QED) is 0.405. The van der Waals surface area contributed by atoms with E-state index in [9.17, 15) is 27.6 Å². The molecule has 2 aliphatic rings. The van der Waals surface area contributed by atoms with E-state index in [1.165, 1.54) is 0 Å². The molecule has 0 saturated carbocycles. The Labute approximate surface area is 190 Å². The van der Waals surface area contributed by atoms with Gasteiger partial charge in [-0.3, -0.25) is 14.4 Å². The van der Waals surface area contributed by atoms with Crippen molar-refractivity contribution in [1.82, 2.24) is 15.5 Å². The van der Waals surface area contributed by atoms with Crippen LogP contribution >= 0.6 is 0 Å². The summed E-state index contributed by atoms with van der Waals surface area (Å²) in [4.78, 5) is 46.3. The van der Waals surface area contributed by atoms with E-state index in [1.54, 1.807) is 4.90 Å². The van der Waals surface area contributed by atoms with Crippen LogP contribution < -0.4 is 10.6 Å². The number of aliphatic carboxylic acids is 2. The Morgan fingerprint density at radius 2 is 1.76 bits per heavy atom. The molecular formula is C21H30F3N3O6. The highest BCUT2D eigenvalue weighted by Crippen LogP contribution is 2.21. The van der Waals surface area contributed by atoms with E-state index in [-0.39, 0.29) is 24.2 Å². The zero-order chi connectivity index (χ0) is 25.0. The number of carbonyl (C=O) groups is 4. The lowest BCUT2D eigenvalue weighted by molar-refractivity contribution is -0.192. The fourth-order valence-corrected chi connectivity index (χ4v) is 3.69. The van der Waals surface area contributed by atoms with Crippen molar-refractivity contribution in [3.63, 3.8) is 0 Å². The first-order valence-corrected chi connectivity index (χ1v) is 10.7. The minimum absolute atomic E-state index is 0.111. The van der Waals surface area contributed by atoms with Crippen molar-refractivity contribution in [2.24, 2.45) is 11.8 Å². The number of nitrogens with zero attached hydrogens (tertiary/aromatic N) is 1. The molecule has 9 nitrogen and oxygen atoms in total. The number of halogens is 3. The number of piperidine rings is 2. The van der Waals surface area contributed by atoms with Gasteiger partial charge in [0.2, 0.25) is 11.8 Å². The van der Waals surface area contributed by atoms with Crippen molar-refractivity contribution in [3.8, 4) is 12.3 Å². The molecule has 2 atom stereocenters. The third-order valence-electron chi connectivity index (χ3n) is 5.51. The van der Waals surface area contributed by atoms with Gasteiger partial charge in [0, 0.05) is 19.5 Å². The fourth-order valence-electron chi connectivity index (χ4n) is 3.69. The number of rotatable bonds is 7. The lowest BCUT2D eigenvalue weighted by Crippen LogP contribution is -2.47. The number of terminal acetylenes is 1. The molecule has 12 heteroatoms. The Balaban J connectivity index is 0.000000675. The summed E-state index contributed by atoms with van der Waals surface area (Å²) in [7, 11) is 0. The molecular weight excluding hydrogens is 447 g/mol. The van der Waals surface area contributed by atoms with Gasteiger partial charge in [0.25, 0.3) is 0 Å². The van der Waals surface area contributed by atoms with Crippen LogP contribution in [0, 0.1) is 24.2 Å². The maximum absolute atomic E-state index is 12.5. The minimum Gasteiger partial charge on any atom is -0.481 e. The maximum atomic E-state index is 12.5. The smallest absolute Gasteiger partial charge is 0.481 e. The van der Waals surface area contributed by atoms with Crippen LogP contribution in [0.3, 0.4) is 0 Å². The van der Waals surface area contributed by atoms with Crippen molar-refractivity contribution in [3.05, 3.63) is 0 Å². The number of likely N-dealkylation sites (tertiary alicyclic amines) is 1. The van der Waals surface area contributed by atoms with Crippen molar-refractivity contribution in [2.75, 3.05) is 26.2 Å². The van der Waals surface area contributed by atoms with E-state index in [2.05, 4.69) is 16.6 Å². The first kappa shape index (κ1) is 28.2. The number of hydrogen-bond acceptors (Lipinski definition) is 5.